The van der Waals surface area contributed by atoms with E-state index in [1.54, 1.807) is 11.3 Å². The summed E-state index contributed by atoms with van der Waals surface area (Å²) in [4.78, 5) is 13.1. The quantitative estimate of drug-likeness (QED) is 0.853. The van der Waals surface area contributed by atoms with Crippen molar-refractivity contribution in [2.45, 2.75) is 19.9 Å². The van der Waals surface area contributed by atoms with Gasteiger partial charge in [0, 0.05) is 16.0 Å². The molecule has 0 atom stereocenters. The Morgan fingerprint density at radius 3 is 2.71 bits per heavy atom. The Bertz CT molecular complexity index is 662. The van der Waals surface area contributed by atoms with Crippen LogP contribution in [0.25, 0.3) is 0 Å². The van der Waals surface area contributed by atoms with Gasteiger partial charge >= 0.3 is 0 Å². The third-order valence-corrected chi connectivity index (χ3v) is 4.00. The number of aryl methyl sites for hydroxylation is 1. The Hall–Kier alpha value is -2.09. The first kappa shape index (κ1) is 15.3. The van der Waals surface area contributed by atoms with Crippen molar-refractivity contribution in [2.75, 3.05) is 6.61 Å². The molecule has 0 aliphatic carbocycles. The fourth-order valence-corrected chi connectivity index (χ4v) is 2.65. The van der Waals surface area contributed by atoms with Crippen LogP contribution in [0.15, 0.2) is 35.7 Å². The largest absolute Gasteiger partial charge is 0.384 e. The molecule has 2 rings (SSSR count). The standard InChI is InChI=1S/C17H17NO2S/c1-2-13-5-7-15(8-6-13)17(20)18-12-16-14(4-3-10-19)9-11-21-16/h5-9,11,19H,2,10,12H2,1H3,(H,18,20). The maximum Gasteiger partial charge on any atom is 0.251 e. The number of benzene rings is 1. The lowest BCUT2D eigenvalue weighted by Crippen LogP contribution is -2.22. The second-order valence-corrected chi connectivity index (χ2v) is 5.45. The molecular formula is C17H17NO2S. The third kappa shape index (κ3) is 4.19. The van der Waals surface area contributed by atoms with Gasteiger partial charge in [0.25, 0.3) is 5.91 Å². The van der Waals surface area contributed by atoms with E-state index in [2.05, 4.69) is 24.1 Å². The van der Waals surface area contributed by atoms with Gasteiger partial charge in [0.1, 0.15) is 6.61 Å². The number of carbonyl (C=O) groups excluding carboxylic acids is 1. The summed E-state index contributed by atoms with van der Waals surface area (Å²) >= 11 is 1.54. The van der Waals surface area contributed by atoms with Crippen molar-refractivity contribution in [3.05, 3.63) is 57.3 Å². The molecule has 0 saturated heterocycles. The lowest BCUT2D eigenvalue weighted by atomic mass is 10.1. The fourth-order valence-electron chi connectivity index (χ4n) is 1.88. The number of aliphatic hydroxyl groups is 1. The summed E-state index contributed by atoms with van der Waals surface area (Å²) in [6, 6.07) is 9.52. The molecule has 0 unspecified atom stereocenters. The first-order chi connectivity index (χ1) is 10.2. The molecule has 3 nitrogen and oxygen atoms in total. The van der Waals surface area contributed by atoms with Gasteiger partial charge in [-0.05, 0) is 35.6 Å². The Balaban J connectivity index is 1.99. The predicted octanol–water partition coefficient (Wildman–Crippen LogP) is 2.58. The van der Waals surface area contributed by atoms with Crippen LogP contribution in [-0.2, 0) is 13.0 Å². The van der Waals surface area contributed by atoms with Gasteiger partial charge in [0.15, 0.2) is 0 Å². The number of aliphatic hydroxyl groups excluding tert-OH is 1. The molecule has 2 aromatic rings. The Labute approximate surface area is 128 Å². The van der Waals surface area contributed by atoms with Crippen LogP contribution in [-0.4, -0.2) is 17.6 Å². The van der Waals surface area contributed by atoms with Crippen LogP contribution in [0.2, 0.25) is 0 Å². The van der Waals surface area contributed by atoms with E-state index < -0.39 is 0 Å². The molecule has 4 heteroatoms. The molecule has 2 N–H and O–H groups in total. The van der Waals surface area contributed by atoms with Gasteiger partial charge in [0.2, 0.25) is 0 Å². The highest BCUT2D eigenvalue weighted by Crippen LogP contribution is 2.15. The lowest BCUT2D eigenvalue weighted by Gasteiger charge is -2.05. The van der Waals surface area contributed by atoms with E-state index >= 15 is 0 Å². The molecule has 1 aromatic heterocycles. The maximum atomic E-state index is 12.1. The average Bonchev–Trinajstić information content (AvgIpc) is 2.98. The molecule has 0 aliphatic heterocycles. The molecule has 0 spiro atoms. The number of amides is 1. The summed E-state index contributed by atoms with van der Waals surface area (Å²) in [5.41, 5.74) is 2.73. The van der Waals surface area contributed by atoms with Gasteiger partial charge in [-0.1, -0.05) is 30.9 Å². The smallest absolute Gasteiger partial charge is 0.251 e. The topological polar surface area (TPSA) is 49.3 Å². The summed E-state index contributed by atoms with van der Waals surface area (Å²) in [7, 11) is 0. The highest BCUT2D eigenvalue weighted by atomic mass is 32.1. The summed E-state index contributed by atoms with van der Waals surface area (Å²) in [5, 5.41) is 13.6. The minimum absolute atomic E-state index is 0.0906. The molecule has 0 fully saturated rings. The molecule has 0 saturated carbocycles. The van der Waals surface area contributed by atoms with Gasteiger partial charge in [-0.15, -0.1) is 11.3 Å². The third-order valence-electron chi connectivity index (χ3n) is 3.08. The monoisotopic (exact) mass is 299 g/mol. The Kier molecular flexibility index (Phi) is 5.56. The van der Waals surface area contributed by atoms with E-state index in [-0.39, 0.29) is 12.5 Å². The number of nitrogens with one attached hydrogen (secondary N) is 1. The zero-order valence-corrected chi connectivity index (χ0v) is 12.7. The molecule has 21 heavy (non-hydrogen) atoms. The molecule has 1 amide bonds. The minimum Gasteiger partial charge on any atom is -0.384 e. The van der Waals surface area contributed by atoms with Crippen molar-refractivity contribution in [1.29, 1.82) is 0 Å². The highest BCUT2D eigenvalue weighted by Gasteiger charge is 2.07. The average molecular weight is 299 g/mol. The lowest BCUT2D eigenvalue weighted by molar-refractivity contribution is 0.0951. The van der Waals surface area contributed by atoms with E-state index in [9.17, 15) is 4.79 Å². The van der Waals surface area contributed by atoms with Gasteiger partial charge in [-0.2, -0.15) is 0 Å². The number of thiophene rings is 1. The Morgan fingerprint density at radius 2 is 2.05 bits per heavy atom. The van der Waals surface area contributed by atoms with E-state index in [1.807, 2.05) is 35.7 Å². The molecular weight excluding hydrogens is 282 g/mol. The van der Waals surface area contributed by atoms with Crippen LogP contribution in [0, 0.1) is 11.8 Å². The molecule has 108 valence electrons. The van der Waals surface area contributed by atoms with Gasteiger partial charge in [-0.3, -0.25) is 4.79 Å². The summed E-state index contributed by atoms with van der Waals surface area (Å²) < 4.78 is 0. The van der Waals surface area contributed by atoms with Crippen molar-refractivity contribution in [2.24, 2.45) is 0 Å². The van der Waals surface area contributed by atoms with E-state index in [4.69, 9.17) is 5.11 Å². The molecule has 1 heterocycles. The summed E-state index contributed by atoms with van der Waals surface area (Å²) in [6.07, 6.45) is 0.962. The molecule has 0 aliphatic rings. The first-order valence-corrected chi connectivity index (χ1v) is 7.65. The van der Waals surface area contributed by atoms with Crippen LogP contribution in [0.5, 0.6) is 0 Å². The van der Waals surface area contributed by atoms with Crippen LogP contribution >= 0.6 is 11.3 Å². The highest BCUT2D eigenvalue weighted by molar-refractivity contribution is 7.10. The molecule has 0 radical (unpaired) electrons. The number of rotatable bonds is 4. The zero-order chi connectivity index (χ0) is 15.1. The van der Waals surface area contributed by atoms with E-state index in [1.165, 1.54) is 5.56 Å². The van der Waals surface area contributed by atoms with Crippen LogP contribution < -0.4 is 5.32 Å². The summed E-state index contributed by atoms with van der Waals surface area (Å²) in [6.45, 7) is 2.37. The SMILES string of the molecule is CCc1ccc(C(=O)NCc2sccc2C#CCO)cc1. The van der Waals surface area contributed by atoms with E-state index in [0.717, 1.165) is 16.9 Å². The van der Waals surface area contributed by atoms with Crippen molar-refractivity contribution in [3.8, 4) is 11.8 Å². The van der Waals surface area contributed by atoms with Crippen molar-refractivity contribution in [1.82, 2.24) is 5.32 Å². The normalized spacial score (nSPS) is 9.81. The van der Waals surface area contributed by atoms with Gasteiger partial charge in [0.05, 0.1) is 6.54 Å². The maximum absolute atomic E-state index is 12.1. The predicted molar refractivity (Wildman–Crippen MR) is 85.3 cm³/mol. The van der Waals surface area contributed by atoms with Crippen LogP contribution in [0.4, 0.5) is 0 Å². The molecule has 0 bridgehead atoms. The van der Waals surface area contributed by atoms with E-state index in [0.29, 0.717) is 12.1 Å². The van der Waals surface area contributed by atoms with Crippen LogP contribution in [0.1, 0.15) is 33.3 Å². The van der Waals surface area contributed by atoms with Crippen molar-refractivity contribution in [3.63, 3.8) is 0 Å². The van der Waals surface area contributed by atoms with Gasteiger partial charge in [-0.25, -0.2) is 0 Å². The Morgan fingerprint density at radius 1 is 1.29 bits per heavy atom. The summed E-state index contributed by atoms with van der Waals surface area (Å²) in [5.74, 6) is 5.41. The number of carbonyl (C=O) groups is 1. The zero-order valence-electron chi connectivity index (χ0n) is 11.8. The minimum atomic E-state index is -0.161. The molecule has 1 aromatic carbocycles. The van der Waals surface area contributed by atoms with Gasteiger partial charge < -0.3 is 10.4 Å². The number of hydrogen-bond donors (Lipinski definition) is 2. The van der Waals surface area contributed by atoms with Crippen molar-refractivity contribution < 1.29 is 9.90 Å². The first-order valence-electron chi connectivity index (χ1n) is 6.77. The van der Waals surface area contributed by atoms with Crippen molar-refractivity contribution >= 4 is 17.2 Å². The number of hydrogen-bond acceptors (Lipinski definition) is 3. The fraction of sp³-hybridized carbons (Fsp3) is 0.235. The second kappa shape index (κ2) is 7.63. The second-order valence-electron chi connectivity index (χ2n) is 4.45. The van der Waals surface area contributed by atoms with Crippen LogP contribution in [0.3, 0.4) is 0 Å².